The second kappa shape index (κ2) is 8.34. The van der Waals surface area contributed by atoms with Gasteiger partial charge in [0.05, 0.1) is 11.1 Å². The molecule has 1 aromatic heterocycles. The van der Waals surface area contributed by atoms with Gasteiger partial charge in [-0.3, -0.25) is 9.78 Å². The molecule has 7 heteroatoms. The highest BCUT2D eigenvalue weighted by Gasteiger charge is 2.31. The fourth-order valence-corrected chi connectivity index (χ4v) is 3.85. The molecule has 4 nitrogen and oxygen atoms in total. The molecule has 1 fully saturated rings. The maximum absolute atomic E-state index is 12.9. The first-order chi connectivity index (χ1) is 14.4. The lowest BCUT2D eigenvalue weighted by molar-refractivity contribution is -0.137. The number of hydrogen-bond acceptors (Lipinski definition) is 3. The smallest absolute Gasteiger partial charge is 0.384 e. The molecule has 1 aliphatic heterocycles. The van der Waals surface area contributed by atoms with Crippen molar-refractivity contribution in [2.24, 2.45) is 5.92 Å². The number of aromatic nitrogens is 1. The first kappa shape index (κ1) is 20.2. The number of carbonyl (C=O) groups excluding carboxylic acids is 1. The van der Waals surface area contributed by atoms with Crippen LogP contribution in [0.1, 0.15) is 17.5 Å². The number of fused-ring (bicyclic) bond motifs is 1. The number of carbonyl (C=O) groups is 1. The van der Waals surface area contributed by atoms with Gasteiger partial charge in [-0.25, -0.2) is 0 Å². The van der Waals surface area contributed by atoms with Crippen molar-refractivity contribution < 1.29 is 18.0 Å². The van der Waals surface area contributed by atoms with Gasteiger partial charge in [-0.15, -0.1) is 0 Å². The molecule has 1 amide bonds. The summed E-state index contributed by atoms with van der Waals surface area (Å²) in [6.07, 6.45) is -1.60. The lowest BCUT2D eigenvalue weighted by Gasteiger charge is -2.17. The molecule has 1 N–H and O–H groups in total. The molecule has 30 heavy (non-hydrogen) atoms. The van der Waals surface area contributed by atoms with Gasteiger partial charge in [0.2, 0.25) is 5.91 Å². The lowest BCUT2D eigenvalue weighted by Crippen LogP contribution is -2.28. The first-order valence-electron chi connectivity index (χ1n) is 9.92. The predicted molar refractivity (Wildman–Crippen MR) is 110 cm³/mol. The summed E-state index contributed by atoms with van der Waals surface area (Å²) in [4.78, 5) is 18.3. The van der Waals surface area contributed by atoms with Crippen molar-refractivity contribution >= 4 is 22.5 Å². The molecule has 0 bridgehead atoms. The third kappa shape index (κ3) is 4.56. The molecular weight excluding hydrogens is 391 g/mol. The Bertz CT molecular complexity index is 1040. The molecule has 0 radical (unpaired) electrons. The van der Waals surface area contributed by atoms with Crippen LogP contribution >= 0.6 is 0 Å². The zero-order valence-corrected chi connectivity index (χ0v) is 16.3. The van der Waals surface area contributed by atoms with Crippen LogP contribution in [0.5, 0.6) is 0 Å². The van der Waals surface area contributed by atoms with Crippen LogP contribution in [0, 0.1) is 5.92 Å². The van der Waals surface area contributed by atoms with E-state index in [-0.39, 0.29) is 11.8 Å². The van der Waals surface area contributed by atoms with Crippen LogP contribution in [0.4, 0.5) is 18.9 Å². The second-order valence-corrected chi connectivity index (χ2v) is 7.61. The van der Waals surface area contributed by atoms with Crippen molar-refractivity contribution in [3.05, 3.63) is 71.9 Å². The molecule has 1 aliphatic rings. The molecule has 2 aromatic carbocycles. The molecular formula is C23H22F3N3O. The minimum atomic E-state index is -4.40. The summed E-state index contributed by atoms with van der Waals surface area (Å²) < 4.78 is 38.8. The number of pyridine rings is 1. The van der Waals surface area contributed by atoms with Crippen molar-refractivity contribution in [3.63, 3.8) is 0 Å². The van der Waals surface area contributed by atoms with E-state index < -0.39 is 11.7 Å². The Morgan fingerprint density at radius 1 is 1.10 bits per heavy atom. The summed E-state index contributed by atoms with van der Waals surface area (Å²) in [5.41, 5.74) is 1.51. The van der Waals surface area contributed by atoms with Gasteiger partial charge in [0, 0.05) is 49.2 Å². The number of amides is 1. The quantitative estimate of drug-likeness (QED) is 0.634. The van der Waals surface area contributed by atoms with Gasteiger partial charge in [-0.1, -0.05) is 36.4 Å². The Hall–Kier alpha value is -3.09. The van der Waals surface area contributed by atoms with Gasteiger partial charge >= 0.3 is 6.18 Å². The number of hydrogen-bond donors (Lipinski definition) is 1. The van der Waals surface area contributed by atoms with E-state index >= 15 is 0 Å². The van der Waals surface area contributed by atoms with Gasteiger partial charge in [0.1, 0.15) is 0 Å². The molecule has 1 unspecified atom stereocenters. The van der Waals surface area contributed by atoms with Crippen LogP contribution in [0.2, 0.25) is 0 Å². The van der Waals surface area contributed by atoms with Crippen LogP contribution in [0.15, 0.2) is 60.8 Å². The van der Waals surface area contributed by atoms with Crippen molar-refractivity contribution in [1.29, 1.82) is 0 Å². The van der Waals surface area contributed by atoms with E-state index in [1.54, 1.807) is 6.07 Å². The number of benzene rings is 2. The lowest BCUT2D eigenvalue weighted by atomic mass is 10.1. The summed E-state index contributed by atoms with van der Waals surface area (Å²) in [7, 11) is 0. The minimum absolute atomic E-state index is 0.145. The molecule has 2 heterocycles. The molecule has 1 atom stereocenters. The topological polar surface area (TPSA) is 45.2 Å². The number of alkyl halides is 3. The zero-order valence-electron chi connectivity index (χ0n) is 16.3. The molecule has 0 spiro atoms. The number of likely N-dealkylation sites (tertiary alicyclic amines) is 1. The maximum Gasteiger partial charge on any atom is 0.416 e. The fourth-order valence-electron chi connectivity index (χ4n) is 3.85. The molecule has 156 valence electrons. The third-order valence-electron chi connectivity index (χ3n) is 5.46. The maximum atomic E-state index is 12.9. The Labute approximate surface area is 172 Å². The van der Waals surface area contributed by atoms with E-state index in [9.17, 15) is 18.0 Å². The van der Waals surface area contributed by atoms with Crippen molar-refractivity contribution in [2.45, 2.75) is 19.0 Å². The van der Waals surface area contributed by atoms with Crippen molar-refractivity contribution in [2.75, 3.05) is 25.0 Å². The van der Waals surface area contributed by atoms with E-state index in [1.807, 2.05) is 23.1 Å². The molecule has 0 saturated carbocycles. The Balaban J connectivity index is 1.38. The molecule has 0 aliphatic carbocycles. The summed E-state index contributed by atoms with van der Waals surface area (Å²) >= 11 is 0. The van der Waals surface area contributed by atoms with E-state index in [2.05, 4.69) is 22.4 Å². The van der Waals surface area contributed by atoms with Gasteiger partial charge in [0.15, 0.2) is 0 Å². The normalized spacial score (nSPS) is 17.0. The zero-order chi connectivity index (χ0) is 21.1. The monoisotopic (exact) mass is 413 g/mol. The standard InChI is InChI=1S/C23H22F3N3O/c24-23(25,26)18-6-7-19-20(8-10-27-21(19)13-18)28-14-17-12-22(30)29(15-17)11-9-16-4-2-1-3-5-16/h1-8,10,13,17H,9,11-12,14-15H2,(H,27,28). The number of halogens is 3. The van der Waals surface area contributed by atoms with E-state index in [1.165, 1.54) is 17.8 Å². The Morgan fingerprint density at radius 2 is 1.90 bits per heavy atom. The van der Waals surface area contributed by atoms with Crippen LogP contribution in [-0.2, 0) is 17.4 Å². The van der Waals surface area contributed by atoms with Crippen molar-refractivity contribution in [3.8, 4) is 0 Å². The molecule has 3 aromatic rings. The fraction of sp³-hybridized carbons (Fsp3) is 0.304. The average Bonchev–Trinajstić information content (AvgIpc) is 3.10. The van der Waals surface area contributed by atoms with E-state index in [4.69, 9.17) is 0 Å². The molecule has 4 rings (SSSR count). The van der Waals surface area contributed by atoms with E-state index in [0.29, 0.717) is 37.0 Å². The van der Waals surface area contributed by atoms with Crippen LogP contribution in [0.25, 0.3) is 10.9 Å². The average molecular weight is 413 g/mol. The second-order valence-electron chi connectivity index (χ2n) is 7.61. The number of nitrogens with zero attached hydrogens (tertiary/aromatic N) is 2. The van der Waals surface area contributed by atoms with Gasteiger partial charge in [-0.05, 0) is 30.2 Å². The number of nitrogens with one attached hydrogen (secondary N) is 1. The Morgan fingerprint density at radius 3 is 2.67 bits per heavy atom. The van der Waals surface area contributed by atoms with Crippen LogP contribution < -0.4 is 5.32 Å². The Kier molecular flexibility index (Phi) is 5.61. The highest BCUT2D eigenvalue weighted by molar-refractivity contribution is 5.91. The highest BCUT2D eigenvalue weighted by atomic mass is 19.4. The first-order valence-corrected chi connectivity index (χ1v) is 9.92. The summed E-state index contributed by atoms with van der Waals surface area (Å²) in [6, 6.07) is 15.4. The SMILES string of the molecule is O=C1CC(CNc2ccnc3cc(C(F)(F)F)ccc23)CN1CCc1ccccc1. The summed E-state index contributed by atoms with van der Waals surface area (Å²) in [5.74, 6) is 0.304. The van der Waals surface area contributed by atoms with Gasteiger partial charge in [-0.2, -0.15) is 13.2 Å². The van der Waals surface area contributed by atoms with Crippen molar-refractivity contribution in [1.82, 2.24) is 9.88 Å². The van der Waals surface area contributed by atoms with Gasteiger partial charge < -0.3 is 10.2 Å². The highest BCUT2D eigenvalue weighted by Crippen LogP contribution is 2.32. The van der Waals surface area contributed by atoms with Crippen LogP contribution in [0.3, 0.4) is 0 Å². The predicted octanol–water partition coefficient (Wildman–Crippen LogP) is 4.76. The largest absolute Gasteiger partial charge is 0.416 e. The van der Waals surface area contributed by atoms with Gasteiger partial charge in [0.25, 0.3) is 0 Å². The summed E-state index contributed by atoms with van der Waals surface area (Å²) in [5, 5.41) is 3.94. The molecule has 1 saturated heterocycles. The minimum Gasteiger partial charge on any atom is -0.384 e. The number of rotatable bonds is 6. The van der Waals surface area contributed by atoms with Crippen LogP contribution in [-0.4, -0.2) is 35.4 Å². The third-order valence-corrected chi connectivity index (χ3v) is 5.46. The van der Waals surface area contributed by atoms with E-state index in [0.717, 1.165) is 24.2 Å². The summed E-state index contributed by atoms with van der Waals surface area (Å²) in [6.45, 7) is 1.95. The number of anilines is 1.